The van der Waals surface area contributed by atoms with Crippen molar-refractivity contribution in [1.82, 2.24) is 0 Å². The highest BCUT2D eigenvalue weighted by molar-refractivity contribution is 6.23. The molecule has 7 rings (SSSR count). The lowest BCUT2D eigenvalue weighted by Crippen LogP contribution is -2.41. The van der Waals surface area contributed by atoms with E-state index in [0.29, 0.717) is 18.2 Å². The van der Waals surface area contributed by atoms with Gasteiger partial charge in [0.2, 0.25) is 11.8 Å². The zero-order valence-electron chi connectivity index (χ0n) is 21.9. The maximum atomic E-state index is 14.0. The Kier molecular flexibility index (Phi) is 6.14. The molecule has 3 aromatic carbocycles. The summed E-state index contributed by atoms with van der Waals surface area (Å²) >= 11 is 0. The van der Waals surface area contributed by atoms with E-state index >= 15 is 0 Å². The fourth-order valence-corrected chi connectivity index (χ4v) is 6.78. The summed E-state index contributed by atoms with van der Waals surface area (Å²) in [6.07, 6.45) is 4.38. The van der Waals surface area contributed by atoms with Crippen LogP contribution in [0.2, 0.25) is 0 Å². The molecule has 3 aromatic rings. The summed E-state index contributed by atoms with van der Waals surface area (Å²) in [5, 5.41) is 0. The van der Waals surface area contributed by atoms with Crippen molar-refractivity contribution in [3.05, 3.63) is 94.5 Å². The van der Waals surface area contributed by atoms with Gasteiger partial charge in [-0.15, -0.1) is 0 Å². The van der Waals surface area contributed by atoms with Gasteiger partial charge in [-0.05, 0) is 70.8 Å². The highest BCUT2D eigenvalue weighted by atomic mass is 16.5. The first-order valence-corrected chi connectivity index (χ1v) is 13.9. The van der Waals surface area contributed by atoms with Crippen molar-refractivity contribution in [2.45, 2.75) is 64.2 Å². The number of benzene rings is 3. The standard InChI is InChI=1S/C33H35NO3/c1-4-6-9-18-37-23-15-13-22(14-16-23)34-32(35)30-28-24-10-7-8-11-25(24)29(31(30)33(34)36)27-19-21(20(3)5-2)12-17-26(27)28/h7-8,10-17,19-20,28-31H,4-6,9,18H2,1-3H3/t20-,28+,29+,30+,31+/m0/s1. The summed E-state index contributed by atoms with van der Waals surface area (Å²) in [6, 6.07) is 22.7. The fourth-order valence-electron chi connectivity index (χ4n) is 6.78. The summed E-state index contributed by atoms with van der Waals surface area (Å²) in [6.45, 7) is 7.31. The predicted molar refractivity (Wildman–Crippen MR) is 146 cm³/mol. The van der Waals surface area contributed by atoms with Crippen LogP contribution >= 0.6 is 0 Å². The van der Waals surface area contributed by atoms with Gasteiger partial charge in [0.05, 0.1) is 24.1 Å². The number of unbranched alkanes of at least 4 members (excludes halogenated alkanes) is 2. The Hall–Kier alpha value is -3.40. The second kappa shape index (κ2) is 9.48. The molecule has 0 unspecified atom stereocenters. The summed E-state index contributed by atoms with van der Waals surface area (Å²) in [4.78, 5) is 29.5. The van der Waals surface area contributed by atoms with Crippen LogP contribution in [-0.4, -0.2) is 18.4 Å². The van der Waals surface area contributed by atoms with Gasteiger partial charge in [0, 0.05) is 11.8 Å². The van der Waals surface area contributed by atoms with E-state index in [-0.39, 0.29) is 35.5 Å². The van der Waals surface area contributed by atoms with Crippen LogP contribution in [-0.2, 0) is 9.59 Å². The molecule has 4 nitrogen and oxygen atoms in total. The summed E-state index contributed by atoms with van der Waals surface area (Å²) in [7, 11) is 0. The van der Waals surface area contributed by atoms with Gasteiger partial charge in [-0.1, -0.05) is 76.1 Å². The first-order valence-electron chi connectivity index (χ1n) is 13.9. The average molecular weight is 494 g/mol. The lowest BCUT2D eigenvalue weighted by atomic mass is 9.54. The quantitative estimate of drug-likeness (QED) is 0.247. The van der Waals surface area contributed by atoms with Crippen molar-refractivity contribution in [1.29, 1.82) is 0 Å². The largest absolute Gasteiger partial charge is 0.494 e. The Morgan fingerprint density at radius 3 is 2.03 bits per heavy atom. The van der Waals surface area contributed by atoms with Crippen LogP contribution in [0.25, 0.3) is 0 Å². The van der Waals surface area contributed by atoms with Crippen molar-refractivity contribution < 1.29 is 14.3 Å². The molecular formula is C33H35NO3. The zero-order valence-corrected chi connectivity index (χ0v) is 21.9. The van der Waals surface area contributed by atoms with Crippen molar-refractivity contribution in [3.8, 4) is 5.75 Å². The van der Waals surface area contributed by atoms with Crippen LogP contribution in [0.3, 0.4) is 0 Å². The molecule has 1 aliphatic heterocycles. The normalized spacial score (nSPS) is 24.0. The Balaban J connectivity index is 1.37. The number of carbonyl (C=O) groups is 2. The molecule has 0 N–H and O–H groups in total. The summed E-state index contributed by atoms with van der Waals surface area (Å²) in [5.41, 5.74) is 6.82. The highest BCUT2D eigenvalue weighted by Gasteiger charge is 2.61. The number of hydrogen-bond acceptors (Lipinski definition) is 3. The van der Waals surface area contributed by atoms with Gasteiger partial charge < -0.3 is 4.74 Å². The number of amides is 2. The average Bonchev–Trinajstić information content (AvgIpc) is 3.21. The van der Waals surface area contributed by atoms with Gasteiger partial charge in [0.1, 0.15) is 5.75 Å². The van der Waals surface area contributed by atoms with E-state index < -0.39 is 0 Å². The molecule has 4 aliphatic rings. The van der Waals surface area contributed by atoms with Crippen LogP contribution in [0, 0.1) is 11.8 Å². The molecule has 0 saturated carbocycles. The molecule has 1 heterocycles. The molecule has 0 radical (unpaired) electrons. The van der Waals surface area contributed by atoms with Crippen LogP contribution in [0.4, 0.5) is 5.69 Å². The lowest BCUT2D eigenvalue weighted by Gasteiger charge is -2.46. The second-order valence-electron chi connectivity index (χ2n) is 10.9. The molecule has 1 saturated heterocycles. The van der Waals surface area contributed by atoms with Gasteiger partial charge in [-0.2, -0.15) is 0 Å². The Bertz CT molecular complexity index is 1340. The van der Waals surface area contributed by atoms with Gasteiger partial charge in [0.15, 0.2) is 0 Å². The minimum Gasteiger partial charge on any atom is -0.494 e. The van der Waals surface area contributed by atoms with E-state index in [1.165, 1.54) is 32.7 Å². The maximum absolute atomic E-state index is 14.0. The van der Waals surface area contributed by atoms with Gasteiger partial charge in [-0.3, -0.25) is 9.59 Å². The number of nitrogens with zero attached hydrogens (tertiary/aromatic N) is 1. The van der Waals surface area contributed by atoms with E-state index in [9.17, 15) is 9.59 Å². The van der Waals surface area contributed by atoms with E-state index in [1.807, 2.05) is 24.3 Å². The van der Waals surface area contributed by atoms with Gasteiger partial charge in [-0.25, -0.2) is 4.90 Å². The molecule has 1 fully saturated rings. The highest BCUT2D eigenvalue weighted by Crippen LogP contribution is 2.61. The van der Waals surface area contributed by atoms with Gasteiger partial charge >= 0.3 is 0 Å². The van der Waals surface area contributed by atoms with E-state index in [4.69, 9.17) is 4.74 Å². The Labute approximate surface area is 219 Å². The van der Waals surface area contributed by atoms with Crippen molar-refractivity contribution in [2.75, 3.05) is 11.5 Å². The molecule has 0 spiro atoms. The third-order valence-electron chi connectivity index (χ3n) is 8.86. The Morgan fingerprint density at radius 1 is 0.784 bits per heavy atom. The number of imide groups is 1. The van der Waals surface area contributed by atoms with Crippen LogP contribution in [0.1, 0.15) is 92.0 Å². The predicted octanol–water partition coefficient (Wildman–Crippen LogP) is 7.17. The van der Waals surface area contributed by atoms with Crippen LogP contribution < -0.4 is 9.64 Å². The SMILES string of the molecule is CCCCCOc1ccc(N2C(=O)[C@@H]3[C@@H]4c5ccccc5[C@H](c5cc([C@@H](C)CC)ccc54)[C@H]3C2=O)cc1. The van der Waals surface area contributed by atoms with Crippen molar-refractivity contribution >= 4 is 17.5 Å². The molecule has 5 atom stereocenters. The fraction of sp³-hybridized carbons (Fsp3) is 0.394. The maximum Gasteiger partial charge on any atom is 0.238 e. The molecule has 190 valence electrons. The van der Waals surface area contributed by atoms with Crippen LogP contribution in [0.15, 0.2) is 66.7 Å². The summed E-state index contributed by atoms with van der Waals surface area (Å²) < 4.78 is 5.85. The molecule has 0 aromatic heterocycles. The number of hydrogen-bond donors (Lipinski definition) is 0. The monoisotopic (exact) mass is 493 g/mol. The molecular weight excluding hydrogens is 458 g/mol. The third kappa shape index (κ3) is 3.72. The first-order chi connectivity index (χ1) is 18.0. The molecule has 2 amide bonds. The van der Waals surface area contributed by atoms with Gasteiger partial charge in [0.25, 0.3) is 0 Å². The lowest BCUT2D eigenvalue weighted by molar-refractivity contribution is -0.122. The number of rotatable bonds is 8. The molecule has 4 heteroatoms. The molecule has 2 bridgehead atoms. The van der Waals surface area contributed by atoms with Crippen molar-refractivity contribution in [2.24, 2.45) is 11.8 Å². The molecule has 37 heavy (non-hydrogen) atoms. The number of carbonyl (C=O) groups excluding carboxylic acids is 2. The third-order valence-corrected chi connectivity index (χ3v) is 8.86. The van der Waals surface area contributed by atoms with Crippen molar-refractivity contribution in [3.63, 3.8) is 0 Å². The van der Waals surface area contributed by atoms with E-state index in [0.717, 1.165) is 31.4 Å². The molecule has 3 aliphatic carbocycles. The van der Waals surface area contributed by atoms with E-state index in [1.54, 1.807) is 0 Å². The van der Waals surface area contributed by atoms with Crippen LogP contribution in [0.5, 0.6) is 5.75 Å². The first kappa shape index (κ1) is 24.0. The second-order valence-corrected chi connectivity index (χ2v) is 10.9. The van der Waals surface area contributed by atoms with E-state index in [2.05, 4.69) is 63.2 Å². The zero-order chi connectivity index (χ0) is 25.7. The number of ether oxygens (including phenoxy) is 1. The number of anilines is 1. The topological polar surface area (TPSA) is 46.6 Å². The minimum atomic E-state index is -0.364. The summed E-state index contributed by atoms with van der Waals surface area (Å²) in [5.74, 6) is 0.174. The smallest absolute Gasteiger partial charge is 0.238 e. The Morgan fingerprint density at radius 2 is 1.41 bits per heavy atom. The minimum absolute atomic E-state index is 0.0734.